The molecule has 0 atom stereocenters. The van der Waals surface area contributed by atoms with Crippen LogP contribution < -0.4 is 10.2 Å². The Bertz CT molecular complexity index is 930. The molecule has 0 bridgehead atoms. The highest BCUT2D eigenvalue weighted by Gasteiger charge is 2.18. The van der Waals surface area contributed by atoms with E-state index in [1.807, 2.05) is 42.5 Å². The molecule has 2 heterocycles. The van der Waals surface area contributed by atoms with E-state index < -0.39 is 0 Å². The van der Waals surface area contributed by atoms with Crippen LogP contribution in [0.4, 0.5) is 11.4 Å². The van der Waals surface area contributed by atoms with Crippen molar-refractivity contribution in [1.82, 2.24) is 4.98 Å². The summed E-state index contributed by atoms with van der Waals surface area (Å²) in [5, 5.41) is 4.58. The summed E-state index contributed by atoms with van der Waals surface area (Å²) >= 11 is 6.17. The highest BCUT2D eigenvalue weighted by molar-refractivity contribution is 6.31. The number of aromatic nitrogens is 1. The number of nitrogens with zero attached hydrogens (tertiary/aromatic N) is 2. The lowest BCUT2D eigenvalue weighted by molar-refractivity contribution is 0.102. The van der Waals surface area contributed by atoms with Crippen LogP contribution in [0.15, 0.2) is 54.7 Å². The molecule has 1 aromatic heterocycles. The summed E-state index contributed by atoms with van der Waals surface area (Å²) in [6.07, 6.45) is 4.04. The number of hydrogen-bond acceptors (Lipinski definition) is 3. The van der Waals surface area contributed by atoms with Crippen molar-refractivity contribution < 1.29 is 4.79 Å². The number of fused-ring (bicyclic) bond motifs is 1. The highest BCUT2D eigenvalue weighted by atomic mass is 35.5. The number of nitrogens with one attached hydrogen (secondary N) is 1. The quantitative estimate of drug-likeness (QED) is 0.741. The van der Waals surface area contributed by atoms with Crippen molar-refractivity contribution in [2.24, 2.45) is 0 Å². The molecule has 1 amide bonds. The van der Waals surface area contributed by atoms with Crippen LogP contribution in [-0.4, -0.2) is 24.0 Å². The van der Waals surface area contributed by atoms with Gasteiger partial charge in [-0.2, -0.15) is 0 Å². The van der Waals surface area contributed by atoms with Gasteiger partial charge in [0.1, 0.15) is 0 Å². The first-order chi connectivity index (χ1) is 12.2. The standard InChI is InChI=1S/C20H18ClN3O/c21-15-8-9-18(24-11-1-2-12-24)17(13-15)23-20(25)16-7-3-5-14-6-4-10-22-19(14)16/h3-10,13H,1-2,11-12H2,(H,23,25). The summed E-state index contributed by atoms with van der Waals surface area (Å²) in [6.45, 7) is 2.00. The Hall–Kier alpha value is -2.59. The van der Waals surface area contributed by atoms with E-state index in [4.69, 9.17) is 11.6 Å². The molecular weight excluding hydrogens is 334 g/mol. The number of benzene rings is 2. The normalized spacial score (nSPS) is 14.0. The van der Waals surface area contributed by atoms with Gasteiger partial charge in [-0.15, -0.1) is 0 Å². The van der Waals surface area contributed by atoms with Crippen molar-refractivity contribution in [2.45, 2.75) is 12.8 Å². The molecular formula is C20H18ClN3O. The monoisotopic (exact) mass is 351 g/mol. The molecule has 4 rings (SSSR count). The van der Waals surface area contributed by atoms with Crippen LogP contribution in [0.25, 0.3) is 10.9 Å². The molecule has 0 unspecified atom stereocenters. The van der Waals surface area contributed by atoms with Crippen LogP contribution in [0, 0.1) is 0 Å². The first-order valence-corrected chi connectivity index (χ1v) is 8.80. The number of halogens is 1. The van der Waals surface area contributed by atoms with E-state index in [2.05, 4.69) is 15.2 Å². The van der Waals surface area contributed by atoms with Gasteiger partial charge in [0.25, 0.3) is 5.91 Å². The SMILES string of the molecule is O=C(Nc1cc(Cl)ccc1N1CCCC1)c1cccc2cccnc12. The third kappa shape index (κ3) is 3.17. The minimum absolute atomic E-state index is 0.174. The Morgan fingerprint density at radius 2 is 1.88 bits per heavy atom. The zero-order valence-corrected chi connectivity index (χ0v) is 14.5. The third-order valence-electron chi connectivity index (χ3n) is 4.53. The third-order valence-corrected chi connectivity index (χ3v) is 4.77. The lowest BCUT2D eigenvalue weighted by atomic mass is 10.1. The Balaban J connectivity index is 1.70. The Kier molecular flexibility index (Phi) is 4.28. The van der Waals surface area contributed by atoms with Gasteiger partial charge in [0.15, 0.2) is 0 Å². The number of rotatable bonds is 3. The van der Waals surface area contributed by atoms with Crippen molar-refractivity contribution in [3.63, 3.8) is 0 Å². The summed E-state index contributed by atoms with van der Waals surface area (Å²) in [7, 11) is 0. The Morgan fingerprint density at radius 1 is 1.08 bits per heavy atom. The van der Waals surface area contributed by atoms with E-state index >= 15 is 0 Å². The van der Waals surface area contributed by atoms with Crippen molar-refractivity contribution in [3.8, 4) is 0 Å². The fourth-order valence-corrected chi connectivity index (χ4v) is 3.49. The van der Waals surface area contributed by atoms with Gasteiger partial charge in [-0.05, 0) is 43.2 Å². The summed E-state index contributed by atoms with van der Waals surface area (Å²) in [5.41, 5.74) is 3.02. The van der Waals surface area contributed by atoms with E-state index in [9.17, 15) is 4.79 Å². The van der Waals surface area contributed by atoms with Crippen molar-refractivity contribution >= 4 is 39.8 Å². The molecule has 1 saturated heterocycles. The minimum atomic E-state index is -0.174. The van der Waals surface area contributed by atoms with Crippen LogP contribution in [0.3, 0.4) is 0 Å². The lowest BCUT2D eigenvalue weighted by Gasteiger charge is -2.22. The number of para-hydroxylation sites is 1. The van der Waals surface area contributed by atoms with Crippen LogP contribution in [0.5, 0.6) is 0 Å². The fourth-order valence-electron chi connectivity index (χ4n) is 3.32. The maximum Gasteiger partial charge on any atom is 0.257 e. The molecule has 0 aliphatic carbocycles. The van der Waals surface area contributed by atoms with Crippen molar-refractivity contribution in [3.05, 3.63) is 65.3 Å². The zero-order chi connectivity index (χ0) is 17.2. The Labute approximate surface area is 151 Å². The Morgan fingerprint density at radius 3 is 2.72 bits per heavy atom. The number of hydrogen-bond donors (Lipinski definition) is 1. The number of pyridine rings is 1. The molecule has 5 heteroatoms. The van der Waals surface area contributed by atoms with Gasteiger partial charge in [-0.3, -0.25) is 9.78 Å². The average Bonchev–Trinajstić information content (AvgIpc) is 3.15. The van der Waals surface area contributed by atoms with E-state index in [0.717, 1.165) is 29.9 Å². The van der Waals surface area contributed by atoms with E-state index in [0.29, 0.717) is 16.1 Å². The summed E-state index contributed by atoms with van der Waals surface area (Å²) in [5.74, 6) is -0.174. The van der Waals surface area contributed by atoms with Gasteiger partial charge in [0.2, 0.25) is 0 Å². The van der Waals surface area contributed by atoms with Crippen molar-refractivity contribution in [2.75, 3.05) is 23.3 Å². The highest BCUT2D eigenvalue weighted by Crippen LogP contribution is 2.32. The van der Waals surface area contributed by atoms with E-state index in [1.165, 1.54) is 12.8 Å². The second-order valence-electron chi connectivity index (χ2n) is 6.19. The second kappa shape index (κ2) is 6.73. The van der Waals surface area contributed by atoms with E-state index in [-0.39, 0.29) is 5.91 Å². The van der Waals surface area contributed by atoms with Gasteiger partial charge >= 0.3 is 0 Å². The van der Waals surface area contributed by atoms with Gasteiger partial charge in [0, 0.05) is 29.7 Å². The summed E-state index contributed by atoms with van der Waals surface area (Å²) < 4.78 is 0. The van der Waals surface area contributed by atoms with Gasteiger partial charge in [-0.1, -0.05) is 29.8 Å². The van der Waals surface area contributed by atoms with Gasteiger partial charge in [-0.25, -0.2) is 0 Å². The molecule has 1 fully saturated rings. The minimum Gasteiger partial charge on any atom is -0.370 e. The molecule has 1 aliphatic heterocycles. The van der Waals surface area contributed by atoms with E-state index in [1.54, 1.807) is 12.3 Å². The molecule has 1 aliphatic rings. The summed E-state index contributed by atoms with van der Waals surface area (Å²) in [6, 6.07) is 15.1. The maximum atomic E-state index is 12.9. The molecule has 1 N–H and O–H groups in total. The van der Waals surface area contributed by atoms with Crippen LogP contribution >= 0.6 is 11.6 Å². The fraction of sp³-hybridized carbons (Fsp3) is 0.200. The molecule has 0 radical (unpaired) electrons. The lowest BCUT2D eigenvalue weighted by Crippen LogP contribution is -2.21. The number of anilines is 2. The molecule has 25 heavy (non-hydrogen) atoms. The summed E-state index contributed by atoms with van der Waals surface area (Å²) in [4.78, 5) is 19.5. The number of carbonyl (C=O) groups excluding carboxylic acids is 1. The predicted octanol–water partition coefficient (Wildman–Crippen LogP) is 4.74. The number of amides is 1. The number of carbonyl (C=O) groups is 1. The largest absolute Gasteiger partial charge is 0.370 e. The smallest absolute Gasteiger partial charge is 0.257 e. The molecule has 2 aromatic carbocycles. The van der Waals surface area contributed by atoms with Crippen LogP contribution in [0.1, 0.15) is 23.2 Å². The first-order valence-electron chi connectivity index (χ1n) is 8.42. The molecule has 126 valence electrons. The average molecular weight is 352 g/mol. The molecule has 3 aromatic rings. The predicted molar refractivity (Wildman–Crippen MR) is 103 cm³/mol. The first kappa shape index (κ1) is 15.9. The zero-order valence-electron chi connectivity index (χ0n) is 13.7. The van der Waals surface area contributed by atoms with Crippen molar-refractivity contribution in [1.29, 1.82) is 0 Å². The molecule has 4 nitrogen and oxygen atoms in total. The van der Waals surface area contributed by atoms with Gasteiger partial charge < -0.3 is 10.2 Å². The molecule has 0 saturated carbocycles. The maximum absolute atomic E-state index is 12.9. The van der Waals surface area contributed by atoms with Gasteiger partial charge in [0.05, 0.1) is 22.5 Å². The second-order valence-corrected chi connectivity index (χ2v) is 6.63. The topological polar surface area (TPSA) is 45.2 Å². The van der Waals surface area contributed by atoms with Crippen LogP contribution in [-0.2, 0) is 0 Å². The van der Waals surface area contributed by atoms with Crippen LogP contribution in [0.2, 0.25) is 5.02 Å². The molecule has 0 spiro atoms.